The standard InChI is InChI=1S/C10H9FN2OS/c1-6-9(14)13(10(15)12-6)8-5-3-2-4-7(8)11/h2-6H,1H3,(H,12,15)/t6-/m1/s1. The summed E-state index contributed by atoms with van der Waals surface area (Å²) in [4.78, 5) is 12.9. The van der Waals surface area contributed by atoms with Crippen LogP contribution < -0.4 is 10.2 Å². The van der Waals surface area contributed by atoms with Crippen molar-refractivity contribution in [2.24, 2.45) is 0 Å². The molecule has 5 heteroatoms. The molecule has 1 atom stereocenters. The molecule has 1 aliphatic heterocycles. The summed E-state index contributed by atoms with van der Waals surface area (Å²) in [6.07, 6.45) is 0. The van der Waals surface area contributed by atoms with Gasteiger partial charge in [0, 0.05) is 0 Å². The molecule has 2 rings (SSSR count). The number of halogens is 1. The summed E-state index contributed by atoms with van der Waals surface area (Å²) in [7, 11) is 0. The van der Waals surface area contributed by atoms with Gasteiger partial charge in [-0.15, -0.1) is 0 Å². The van der Waals surface area contributed by atoms with Gasteiger partial charge in [0.05, 0.1) is 5.69 Å². The molecule has 1 aliphatic rings. The second-order valence-electron chi connectivity index (χ2n) is 3.30. The van der Waals surface area contributed by atoms with E-state index in [0.717, 1.165) is 0 Å². The molecule has 0 aromatic heterocycles. The lowest BCUT2D eigenvalue weighted by Gasteiger charge is -2.14. The van der Waals surface area contributed by atoms with E-state index in [1.807, 2.05) is 0 Å². The van der Waals surface area contributed by atoms with Crippen LogP contribution in [0.1, 0.15) is 6.92 Å². The van der Waals surface area contributed by atoms with Crippen LogP contribution in [0.3, 0.4) is 0 Å². The Kier molecular flexibility index (Phi) is 2.40. The van der Waals surface area contributed by atoms with Crippen molar-refractivity contribution in [2.75, 3.05) is 4.90 Å². The zero-order chi connectivity index (χ0) is 11.0. The van der Waals surface area contributed by atoms with E-state index in [4.69, 9.17) is 12.2 Å². The number of hydrogen-bond donors (Lipinski definition) is 1. The third-order valence-electron chi connectivity index (χ3n) is 2.23. The Labute approximate surface area is 91.9 Å². The summed E-state index contributed by atoms with van der Waals surface area (Å²) in [5.41, 5.74) is 0.198. The molecule has 0 bridgehead atoms. The van der Waals surface area contributed by atoms with Gasteiger partial charge in [-0.2, -0.15) is 0 Å². The second-order valence-corrected chi connectivity index (χ2v) is 3.68. The van der Waals surface area contributed by atoms with Crippen LogP contribution in [0.4, 0.5) is 10.1 Å². The lowest BCUT2D eigenvalue weighted by Crippen LogP contribution is -2.31. The number of carbonyl (C=O) groups is 1. The van der Waals surface area contributed by atoms with Gasteiger partial charge in [0.15, 0.2) is 5.11 Å². The Balaban J connectivity index is 2.44. The van der Waals surface area contributed by atoms with Crippen LogP contribution in [0.5, 0.6) is 0 Å². The van der Waals surface area contributed by atoms with Gasteiger partial charge in [-0.3, -0.25) is 9.69 Å². The monoisotopic (exact) mass is 224 g/mol. The van der Waals surface area contributed by atoms with Crippen LogP contribution in [-0.2, 0) is 4.79 Å². The Bertz CT molecular complexity index is 435. The van der Waals surface area contributed by atoms with Gasteiger partial charge >= 0.3 is 0 Å². The first-order valence-electron chi connectivity index (χ1n) is 4.50. The molecule has 1 saturated heterocycles. The van der Waals surface area contributed by atoms with E-state index in [0.29, 0.717) is 0 Å². The number of amides is 1. The van der Waals surface area contributed by atoms with Gasteiger partial charge in [-0.1, -0.05) is 12.1 Å². The lowest BCUT2D eigenvalue weighted by molar-refractivity contribution is -0.117. The van der Waals surface area contributed by atoms with E-state index in [2.05, 4.69) is 5.32 Å². The van der Waals surface area contributed by atoms with Crippen LogP contribution >= 0.6 is 12.2 Å². The molecule has 3 nitrogen and oxygen atoms in total. The Morgan fingerprint density at radius 1 is 1.47 bits per heavy atom. The molecule has 0 radical (unpaired) electrons. The van der Waals surface area contributed by atoms with Crippen molar-refractivity contribution >= 4 is 28.9 Å². The van der Waals surface area contributed by atoms with Crippen LogP contribution in [0.2, 0.25) is 0 Å². The third kappa shape index (κ3) is 1.59. The first kappa shape index (κ1) is 10.0. The van der Waals surface area contributed by atoms with Crippen molar-refractivity contribution < 1.29 is 9.18 Å². The summed E-state index contributed by atoms with van der Waals surface area (Å²) >= 11 is 4.96. The van der Waals surface area contributed by atoms with Gasteiger partial charge < -0.3 is 5.32 Å². The minimum Gasteiger partial charge on any atom is -0.350 e. The predicted octanol–water partition coefficient (Wildman–Crippen LogP) is 1.44. The maximum absolute atomic E-state index is 13.4. The van der Waals surface area contributed by atoms with Crippen LogP contribution in [0.15, 0.2) is 24.3 Å². The number of nitrogens with one attached hydrogen (secondary N) is 1. The fourth-order valence-electron chi connectivity index (χ4n) is 1.47. The van der Waals surface area contributed by atoms with E-state index in [1.54, 1.807) is 19.1 Å². The summed E-state index contributed by atoms with van der Waals surface area (Å²) in [6, 6.07) is 5.67. The molecular weight excluding hydrogens is 215 g/mol. The van der Waals surface area contributed by atoms with Gasteiger partial charge in [0.1, 0.15) is 11.9 Å². The molecule has 15 heavy (non-hydrogen) atoms. The van der Waals surface area contributed by atoms with Gasteiger partial charge in [-0.25, -0.2) is 4.39 Å². The Hall–Kier alpha value is -1.49. The highest BCUT2D eigenvalue weighted by Gasteiger charge is 2.34. The van der Waals surface area contributed by atoms with E-state index in [1.165, 1.54) is 17.0 Å². The zero-order valence-electron chi connectivity index (χ0n) is 8.03. The van der Waals surface area contributed by atoms with Crippen molar-refractivity contribution in [1.29, 1.82) is 0 Å². The molecule has 1 aromatic rings. The highest BCUT2D eigenvalue weighted by atomic mass is 32.1. The fourth-order valence-corrected chi connectivity index (χ4v) is 1.83. The largest absolute Gasteiger partial charge is 0.350 e. The van der Waals surface area contributed by atoms with Gasteiger partial charge in [0.25, 0.3) is 5.91 Å². The van der Waals surface area contributed by atoms with Crippen molar-refractivity contribution in [3.63, 3.8) is 0 Å². The van der Waals surface area contributed by atoms with Crippen molar-refractivity contribution in [2.45, 2.75) is 13.0 Å². The first-order valence-corrected chi connectivity index (χ1v) is 4.91. The van der Waals surface area contributed by atoms with Crippen LogP contribution in [0, 0.1) is 5.82 Å². The number of carbonyl (C=O) groups excluding carboxylic acids is 1. The minimum absolute atomic E-state index is 0.198. The smallest absolute Gasteiger partial charge is 0.255 e. The number of anilines is 1. The fraction of sp³-hybridized carbons (Fsp3) is 0.200. The SMILES string of the molecule is C[C@H]1NC(=S)N(c2ccccc2F)C1=O. The van der Waals surface area contributed by atoms with Gasteiger partial charge in [0.2, 0.25) is 0 Å². The molecule has 1 heterocycles. The topological polar surface area (TPSA) is 32.3 Å². The maximum atomic E-state index is 13.4. The van der Waals surface area contributed by atoms with Crippen LogP contribution in [-0.4, -0.2) is 17.1 Å². The number of rotatable bonds is 1. The zero-order valence-corrected chi connectivity index (χ0v) is 8.84. The number of benzene rings is 1. The molecule has 0 unspecified atom stereocenters. The molecule has 0 aliphatic carbocycles. The molecular formula is C10H9FN2OS. The van der Waals surface area contributed by atoms with Crippen LogP contribution in [0.25, 0.3) is 0 Å². The van der Waals surface area contributed by atoms with E-state index >= 15 is 0 Å². The van der Waals surface area contributed by atoms with Gasteiger partial charge in [-0.05, 0) is 31.3 Å². The molecule has 1 aromatic carbocycles. The highest BCUT2D eigenvalue weighted by molar-refractivity contribution is 7.80. The molecule has 0 saturated carbocycles. The number of para-hydroxylation sites is 1. The van der Waals surface area contributed by atoms with Crippen molar-refractivity contribution in [1.82, 2.24) is 5.32 Å². The quantitative estimate of drug-likeness (QED) is 0.732. The van der Waals surface area contributed by atoms with Crippen molar-refractivity contribution in [3.8, 4) is 0 Å². The minimum atomic E-state index is -0.455. The summed E-state index contributed by atoms with van der Waals surface area (Å²) < 4.78 is 13.4. The second kappa shape index (κ2) is 3.58. The normalized spacial score (nSPS) is 20.7. The third-order valence-corrected chi connectivity index (χ3v) is 2.53. The van der Waals surface area contributed by atoms with E-state index in [9.17, 15) is 9.18 Å². The maximum Gasteiger partial charge on any atom is 0.255 e. The van der Waals surface area contributed by atoms with E-state index in [-0.39, 0.29) is 16.7 Å². The molecule has 1 N–H and O–H groups in total. The average molecular weight is 224 g/mol. The Morgan fingerprint density at radius 2 is 2.13 bits per heavy atom. The molecule has 0 spiro atoms. The number of thiocarbonyl (C=S) groups is 1. The van der Waals surface area contributed by atoms with E-state index < -0.39 is 11.9 Å². The molecule has 78 valence electrons. The summed E-state index contributed by atoms with van der Waals surface area (Å²) in [5.74, 6) is -0.686. The molecule has 1 fully saturated rings. The average Bonchev–Trinajstić information content (AvgIpc) is 2.43. The predicted molar refractivity (Wildman–Crippen MR) is 59.1 cm³/mol. The first-order chi connectivity index (χ1) is 7.11. The number of nitrogens with zero attached hydrogens (tertiary/aromatic N) is 1. The Morgan fingerprint density at radius 3 is 2.67 bits per heavy atom. The summed E-state index contributed by atoms with van der Waals surface area (Å²) in [5, 5.41) is 3.03. The lowest BCUT2D eigenvalue weighted by atomic mass is 10.2. The summed E-state index contributed by atoms with van der Waals surface area (Å²) in [6.45, 7) is 1.69. The van der Waals surface area contributed by atoms with Crippen molar-refractivity contribution in [3.05, 3.63) is 30.1 Å². The number of hydrogen-bond acceptors (Lipinski definition) is 2. The highest BCUT2D eigenvalue weighted by Crippen LogP contribution is 2.22. The molecule has 1 amide bonds.